The molecule has 0 aliphatic carbocycles. The van der Waals surface area contributed by atoms with Crippen molar-refractivity contribution < 1.29 is 18.7 Å². The van der Waals surface area contributed by atoms with Crippen molar-refractivity contribution in [1.29, 1.82) is 0 Å². The predicted octanol–water partition coefficient (Wildman–Crippen LogP) is 1.60. The Hall–Kier alpha value is -1.33. The maximum Gasteiger partial charge on any atom is 0.374 e. The lowest BCUT2D eigenvalue weighted by atomic mass is 10.2. The molecule has 1 aromatic rings. The first-order valence-electron chi connectivity index (χ1n) is 6.27. The average molecular weight is 253 g/mol. The quantitative estimate of drug-likeness (QED) is 0.763. The average Bonchev–Trinajstić information content (AvgIpc) is 2.73. The number of furan rings is 1. The van der Waals surface area contributed by atoms with Gasteiger partial charge in [0.05, 0.1) is 19.8 Å². The van der Waals surface area contributed by atoms with Crippen molar-refractivity contribution in [2.75, 3.05) is 32.9 Å². The van der Waals surface area contributed by atoms with Gasteiger partial charge in [-0.25, -0.2) is 4.79 Å². The molecule has 0 spiro atoms. The standard InChI is InChI=1S/C13H19NO4/c1-3-17-13(15)12-8-11(10(2)18-12)9-14-4-6-16-7-5-14/h8H,3-7,9H2,1-2H3. The molecular weight excluding hydrogens is 234 g/mol. The minimum atomic E-state index is -0.395. The van der Waals surface area contributed by atoms with Gasteiger partial charge in [-0.3, -0.25) is 4.90 Å². The van der Waals surface area contributed by atoms with Crippen LogP contribution in [0.15, 0.2) is 10.5 Å². The van der Waals surface area contributed by atoms with E-state index in [2.05, 4.69) is 4.90 Å². The Morgan fingerprint density at radius 1 is 1.44 bits per heavy atom. The van der Waals surface area contributed by atoms with Crippen LogP contribution in [-0.4, -0.2) is 43.8 Å². The lowest BCUT2D eigenvalue weighted by Crippen LogP contribution is -2.35. The molecule has 0 saturated carbocycles. The highest BCUT2D eigenvalue weighted by Crippen LogP contribution is 2.18. The second-order valence-electron chi connectivity index (χ2n) is 4.30. The molecule has 5 heteroatoms. The van der Waals surface area contributed by atoms with Crippen molar-refractivity contribution in [3.63, 3.8) is 0 Å². The topological polar surface area (TPSA) is 51.9 Å². The summed E-state index contributed by atoms with van der Waals surface area (Å²) < 4.78 is 15.7. The lowest BCUT2D eigenvalue weighted by molar-refractivity contribution is 0.0340. The van der Waals surface area contributed by atoms with Gasteiger partial charge in [0.25, 0.3) is 0 Å². The Bertz CT molecular complexity index is 407. The minimum absolute atomic E-state index is 0.289. The van der Waals surface area contributed by atoms with Gasteiger partial charge in [0.1, 0.15) is 5.76 Å². The number of ether oxygens (including phenoxy) is 2. The molecule has 5 nitrogen and oxygen atoms in total. The van der Waals surface area contributed by atoms with Crippen molar-refractivity contribution in [2.24, 2.45) is 0 Å². The van der Waals surface area contributed by atoms with Gasteiger partial charge in [0.2, 0.25) is 5.76 Å². The van der Waals surface area contributed by atoms with E-state index in [0.29, 0.717) is 6.61 Å². The fourth-order valence-electron chi connectivity index (χ4n) is 1.98. The summed E-state index contributed by atoms with van der Waals surface area (Å²) in [5, 5.41) is 0. The zero-order valence-electron chi connectivity index (χ0n) is 10.9. The number of rotatable bonds is 4. The lowest BCUT2D eigenvalue weighted by Gasteiger charge is -2.26. The van der Waals surface area contributed by atoms with Crippen LogP contribution in [0.25, 0.3) is 0 Å². The highest BCUT2D eigenvalue weighted by molar-refractivity contribution is 5.86. The zero-order chi connectivity index (χ0) is 13.0. The number of morpholine rings is 1. The normalized spacial score (nSPS) is 16.8. The highest BCUT2D eigenvalue weighted by Gasteiger charge is 2.18. The number of hydrogen-bond donors (Lipinski definition) is 0. The first-order chi connectivity index (χ1) is 8.70. The summed E-state index contributed by atoms with van der Waals surface area (Å²) in [6, 6.07) is 1.78. The van der Waals surface area contributed by atoms with Crippen molar-refractivity contribution in [3.8, 4) is 0 Å². The van der Waals surface area contributed by atoms with Crippen LogP contribution in [0.4, 0.5) is 0 Å². The molecule has 0 amide bonds. The first-order valence-corrected chi connectivity index (χ1v) is 6.27. The molecule has 1 saturated heterocycles. The van der Waals surface area contributed by atoms with Crippen LogP contribution in [-0.2, 0) is 16.0 Å². The number of nitrogens with zero attached hydrogens (tertiary/aromatic N) is 1. The van der Waals surface area contributed by atoms with Crippen LogP contribution >= 0.6 is 0 Å². The van der Waals surface area contributed by atoms with Gasteiger partial charge >= 0.3 is 5.97 Å². The van der Waals surface area contributed by atoms with Gasteiger partial charge < -0.3 is 13.9 Å². The summed E-state index contributed by atoms with van der Waals surface area (Å²) in [5.41, 5.74) is 1.04. The Morgan fingerprint density at radius 3 is 2.83 bits per heavy atom. The number of hydrogen-bond acceptors (Lipinski definition) is 5. The molecule has 2 rings (SSSR count). The Labute approximate surface area is 107 Å². The van der Waals surface area contributed by atoms with E-state index in [1.807, 2.05) is 6.92 Å². The van der Waals surface area contributed by atoms with E-state index < -0.39 is 5.97 Å². The fraction of sp³-hybridized carbons (Fsp3) is 0.615. The van der Waals surface area contributed by atoms with Gasteiger partial charge in [-0.2, -0.15) is 0 Å². The molecule has 1 fully saturated rings. The maximum atomic E-state index is 11.6. The van der Waals surface area contributed by atoms with E-state index in [0.717, 1.165) is 44.2 Å². The van der Waals surface area contributed by atoms with Gasteiger partial charge in [-0.15, -0.1) is 0 Å². The molecule has 100 valence electrons. The van der Waals surface area contributed by atoms with Gasteiger partial charge in [-0.1, -0.05) is 0 Å². The predicted molar refractivity (Wildman–Crippen MR) is 65.5 cm³/mol. The van der Waals surface area contributed by atoms with Gasteiger partial charge in [0, 0.05) is 25.2 Å². The summed E-state index contributed by atoms with van der Waals surface area (Å²) in [4.78, 5) is 13.8. The third-order valence-corrected chi connectivity index (χ3v) is 2.99. The first kappa shape index (κ1) is 13.1. The SMILES string of the molecule is CCOC(=O)c1cc(CN2CCOCC2)c(C)o1. The van der Waals surface area contributed by atoms with Crippen molar-refractivity contribution in [3.05, 3.63) is 23.2 Å². The molecule has 0 bridgehead atoms. The minimum Gasteiger partial charge on any atom is -0.460 e. The van der Waals surface area contributed by atoms with E-state index >= 15 is 0 Å². The maximum absolute atomic E-state index is 11.6. The third kappa shape index (κ3) is 3.11. The van der Waals surface area contributed by atoms with Crippen molar-refractivity contribution in [2.45, 2.75) is 20.4 Å². The molecule has 0 atom stereocenters. The molecular formula is C13H19NO4. The molecule has 1 aromatic heterocycles. The second-order valence-corrected chi connectivity index (χ2v) is 4.30. The Kier molecular flexibility index (Phi) is 4.38. The van der Waals surface area contributed by atoms with E-state index in [9.17, 15) is 4.79 Å². The summed E-state index contributed by atoms with van der Waals surface area (Å²) in [6.45, 7) is 8.16. The van der Waals surface area contributed by atoms with Crippen LogP contribution in [0, 0.1) is 6.92 Å². The van der Waals surface area contributed by atoms with E-state index in [1.165, 1.54) is 0 Å². The zero-order valence-corrected chi connectivity index (χ0v) is 10.9. The summed E-state index contributed by atoms with van der Waals surface area (Å²) >= 11 is 0. The van der Waals surface area contributed by atoms with E-state index in [-0.39, 0.29) is 5.76 Å². The van der Waals surface area contributed by atoms with Crippen LogP contribution in [0.3, 0.4) is 0 Å². The molecule has 0 radical (unpaired) electrons. The van der Waals surface area contributed by atoms with Gasteiger partial charge in [-0.05, 0) is 19.9 Å². The Balaban J connectivity index is 2.01. The number of esters is 1. The molecule has 0 N–H and O–H groups in total. The summed E-state index contributed by atoms with van der Waals surface area (Å²) in [6.07, 6.45) is 0. The van der Waals surface area contributed by atoms with E-state index in [4.69, 9.17) is 13.9 Å². The van der Waals surface area contributed by atoms with Crippen LogP contribution in [0.1, 0.15) is 28.8 Å². The molecule has 1 aliphatic heterocycles. The molecule has 0 unspecified atom stereocenters. The van der Waals surface area contributed by atoms with Gasteiger partial charge in [0.15, 0.2) is 0 Å². The van der Waals surface area contributed by atoms with Crippen LogP contribution in [0.2, 0.25) is 0 Å². The van der Waals surface area contributed by atoms with Crippen molar-refractivity contribution in [1.82, 2.24) is 4.90 Å². The molecule has 1 aliphatic rings. The molecule has 18 heavy (non-hydrogen) atoms. The van der Waals surface area contributed by atoms with E-state index in [1.54, 1.807) is 13.0 Å². The third-order valence-electron chi connectivity index (χ3n) is 2.99. The number of aryl methyl sites for hydroxylation is 1. The monoisotopic (exact) mass is 253 g/mol. The summed E-state index contributed by atoms with van der Waals surface area (Å²) in [7, 11) is 0. The molecule has 0 aromatic carbocycles. The Morgan fingerprint density at radius 2 is 2.17 bits per heavy atom. The number of carbonyl (C=O) groups is 1. The second kappa shape index (κ2) is 6.02. The van der Waals surface area contributed by atoms with Crippen molar-refractivity contribution >= 4 is 5.97 Å². The van der Waals surface area contributed by atoms with Crippen LogP contribution < -0.4 is 0 Å². The smallest absolute Gasteiger partial charge is 0.374 e. The van der Waals surface area contributed by atoms with Crippen LogP contribution in [0.5, 0.6) is 0 Å². The largest absolute Gasteiger partial charge is 0.460 e. The fourth-order valence-corrected chi connectivity index (χ4v) is 1.98. The number of carbonyl (C=O) groups excluding carboxylic acids is 1. The summed E-state index contributed by atoms with van der Waals surface area (Å²) in [5.74, 6) is 0.677. The highest BCUT2D eigenvalue weighted by atomic mass is 16.5. The molecule has 2 heterocycles.